The number of carbonyl (C=O) groups excluding carboxylic acids is 2. The Morgan fingerprint density at radius 2 is 2.28 bits per heavy atom. The molecular weight excluding hydrogens is 268 g/mol. The molecule has 2 amide bonds. The maximum absolute atomic E-state index is 11.7. The van der Waals surface area contributed by atoms with Gasteiger partial charge in [0.2, 0.25) is 11.8 Å². The van der Waals surface area contributed by atoms with Gasteiger partial charge in [0.1, 0.15) is 0 Å². The number of thiophene rings is 1. The zero-order valence-electron chi connectivity index (χ0n) is 10.6. The zero-order chi connectivity index (χ0) is 13.4. The summed E-state index contributed by atoms with van der Waals surface area (Å²) in [5.41, 5.74) is 0. The van der Waals surface area contributed by atoms with Gasteiger partial charge in [0.25, 0.3) is 0 Å². The van der Waals surface area contributed by atoms with Crippen LogP contribution in [0.1, 0.15) is 11.8 Å². The van der Waals surface area contributed by atoms with Crippen molar-refractivity contribution in [1.29, 1.82) is 0 Å². The molecule has 1 unspecified atom stereocenters. The van der Waals surface area contributed by atoms with Crippen molar-refractivity contribution in [2.75, 3.05) is 19.3 Å². The fraction of sp³-hybridized carbons (Fsp3) is 0.500. The first-order valence-electron chi connectivity index (χ1n) is 5.75. The van der Waals surface area contributed by atoms with Crippen molar-refractivity contribution < 1.29 is 9.59 Å². The van der Waals surface area contributed by atoms with E-state index in [0.29, 0.717) is 12.3 Å². The maximum atomic E-state index is 11.7. The van der Waals surface area contributed by atoms with E-state index in [-0.39, 0.29) is 17.1 Å². The largest absolute Gasteiger partial charge is 0.358 e. The van der Waals surface area contributed by atoms with Crippen LogP contribution < -0.4 is 10.6 Å². The molecule has 1 aromatic rings. The first-order chi connectivity index (χ1) is 8.63. The molecule has 0 radical (unpaired) electrons. The quantitative estimate of drug-likeness (QED) is 0.794. The number of amides is 2. The lowest BCUT2D eigenvalue weighted by Crippen LogP contribution is -2.33. The second kappa shape index (κ2) is 8.16. The first-order valence-corrected chi connectivity index (χ1v) is 7.68. The smallest absolute Gasteiger partial charge is 0.232 e. The molecule has 1 atom stereocenters. The fourth-order valence-electron chi connectivity index (χ4n) is 1.26. The highest BCUT2D eigenvalue weighted by Gasteiger charge is 2.14. The fourth-order valence-corrected chi connectivity index (χ4v) is 2.75. The standard InChI is InChI=1S/C12H18N2O2S2/c1-9(18-8-11(15)13-2)12(16)14-6-5-10-4-3-7-17-10/h3-4,7,9H,5-6,8H2,1-2H3,(H,13,15)(H,14,16). The van der Waals surface area contributed by atoms with Gasteiger partial charge in [-0.25, -0.2) is 0 Å². The average molecular weight is 286 g/mol. The van der Waals surface area contributed by atoms with Crippen LogP contribution in [-0.4, -0.2) is 36.4 Å². The van der Waals surface area contributed by atoms with Crippen LogP contribution in [0.5, 0.6) is 0 Å². The van der Waals surface area contributed by atoms with Gasteiger partial charge in [-0.1, -0.05) is 6.07 Å². The summed E-state index contributed by atoms with van der Waals surface area (Å²) >= 11 is 3.03. The predicted molar refractivity (Wildman–Crippen MR) is 77.0 cm³/mol. The van der Waals surface area contributed by atoms with Crippen molar-refractivity contribution in [3.8, 4) is 0 Å². The van der Waals surface area contributed by atoms with E-state index in [2.05, 4.69) is 16.7 Å². The topological polar surface area (TPSA) is 58.2 Å². The van der Waals surface area contributed by atoms with Crippen molar-refractivity contribution in [2.24, 2.45) is 0 Å². The molecule has 0 saturated carbocycles. The van der Waals surface area contributed by atoms with E-state index in [4.69, 9.17) is 0 Å². The molecule has 1 rings (SSSR count). The highest BCUT2D eigenvalue weighted by atomic mass is 32.2. The van der Waals surface area contributed by atoms with Crippen LogP contribution in [0.4, 0.5) is 0 Å². The molecule has 6 heteroatoms. The van der Waals surface area contributed by atoms with E-state index in [1.54, 1.807) is 18.4 Å². The highest BCUT2D eigenvalue weighted by molar-refractivity contribution is 8.01. The van der Waals surface area contributed by atoms with E-state index in [1.807, 2.05) is 18.4 Å². The van der Waals surface area contributed by atoms with E-state index in [0.717, 1.165) is 6.42 Å². The summed E-state index contributed by atoms with van der Waals surface area (Å²) in [7, 11) is 1.59. The molecule has 100 valence electrons. The van der Waals surface area contributed by atoms with Gasteiger partial charge in [-0.2, -0.15) is 0 Å². The van der Waals surface area contributed by atoms with E-state index in [9.17, 15) is 9.59 Å². The van der Waals surface area contributed by atoms with Crippen LogP contribution in [0.3, 0.4) is 0 Å². The lowest BCUT2D eigenvalue weighted by Gasteiger charge is -2.11. The van der Waals surface area contributed by atoms with Crippen molar-refractivity contribution in [2.45, 2.75) is 18.6 Å². The van der Waals surface area contributed by atoms with E-state index >= 15 is 0 Å². The van der Waals surface area contributed by atoms with Crippen LogP contribution in [-0.2, 0) is 16.0 Å². The van der Waals surface area contributed by atoms with Gasteiger partial charge in [0.15, 0.2) is 0 Å². The Labute approximate surface area is 116 Å². The Kier molecular flexibility index (Phi) is 6.82. The van der Waals surface area contributed by atoms with E-state index in [1.165, 1.54) is 16.6 Å². The molecule has 18 heavy (non-hydrogen) atoms. The summed E-state index contributed by atoms with van der Waals surface area (Å²) in [6, 6.07) is 4.06. The third kappa shape index (κ3) is 5.55. The van der Waals surface area contributed by atoms with E-state index < -0.39 is 0 Å². The lowest BCUT2D eigenvalue weighted by molar-refractivity contribution is -0.120. The molecule has 0 aromatic carbocycles. The predicted octanol–water partition coefficient (Wildman–Crippen LogP) is 1.27. The molecule has 0 aliphatic carbocycles. The zero-order valence-corrected chi connectivity index (χ0v) is 12.2. The summed E-state index contributed by atoms with van der Waals surface area (Å²) < 4.78 is 0. The van der Waals surface area contributed by atoms with Gasteiger partial charge in [-0.05, 0) is 24.8 Å². The molecule has 0 aliphatic rings. The Morgan fingerprint density at radius 1 is 1.50 bits per heavy atom. The van der Waals surface area contributed by atoms with Gasteiger partial charge < -0.3 is 10.6 Å². The molecule has 2 N–H and O–H groups in total. The number of hydrogen-bond acceptors (Lipinski definition) is 4. The molecule has 4 nitrogen and oxygen atoms in total. The molecular formula is C12H18N2O2S2. The van der Waals surface area contributed by atoms with Crippen LogP contribution >= 0.6 is 23.1 Å². The van der Waals surface area contributed by atoms with Crippen LogP contribution in [0.15, 0.2) is 17.5 Å². The Morgan fingerprint density at radius 3 is 2.89 bits per heavy atom. The van der Waals surface area contributed by atoms with Crippen molar-refractivity contribution in [3.63, 3.8) is 0 Å². The molecule has 0 spiro atoms. The Balaban J connectivity index is 2.17. The summed E-state index contributed by atoms with van der Waals surface area (Å²) in [4.78, 5) is 24.0. The number of hydrogen-bond donors (Lipinski definition) is 2. The number of carbonyl (C=O) groups is 2. The number of rotatable bonds is 7. The van der Waals surface area contributed by atoms with Crippen LogP contribution in [0, 0.1) is 0 Å². The van der Waals surface area contributed by atoms with Crippen molar-refractivity contribution in [3.05, 3.63) is 22.4 Å². The minimum Gasteiger partial charge on any atom is -0.358 e. The Bertz CT molecular complexity index is 379. The van der Waals surface area contributed by atoms with Crippen molar-refractivity contribution >= 4 is 34.9 Å². The van der Waals surface area contributed by atoms with Gasteiger partial charge in [0, 0.05) is 18.5 Å². The van der Waals surface area contributed by atoms with Gasteiger partial charge in [0.05, 0.1) is 11.0 Å². The average Bonchev–Trinajstić information content (AvgIpc) is 2.88. The van der Waals surface area contributed by atoms with Crippen LogP contribution in [0.2, 0.25) is 0 Å². The lowest BCUT2D eigenvalue weighted by atomic mass is 10.3. The minimum atomic E-state index is -0.203. The maximum Gasteiger partial charge on any atom is 0.232 e. The number of nitrogens with one attached hydrogen (secondary N) is 2. The number of thioether (sulfide) groups is 1. The molecule has 0 saturated heterocycles. The molecule has 0 fully saturated rings. The molecule has 1 heterocycles. The second-order valence-corrected chi connectivity index (χ2v) is 6.11. The normalized spacial score (nSPS) is 11.9. The van der Waals surface area contributed by atoms with Crippen LogP contribution in [0.25, 0.3) is 0 Å². The monoisotopic (exact) mass is 286 g/mol. The SMILES string of the molecule is CNC(=O)CSC(C)C(=O)NCCc1cccs1. The third-order valence-corrected chi connectivity index (χ3v) is 4.44. The highest BCUT2D eigenvalue weighted by Crippen LogP contribution is 2.11. The van der Waals surface area contributed by atoms with Gasteiger partial charge >= 0.3 is 0 Å². The van der Waals surface area contributed by atoms with Crippen molar-refractivity contribution in [1.82, 2.24) is 10.6 Å². The molecule has 1 aromatic heterocycles. The summed E-state index contributed by atoms with van der Waals surface area (Å²) in [6.07, 6.45) is 0.857. The second-order valence-electron chi connectivity index (χ2n) is 3.75. The van der Waals surface area contributed by atoms with Gasteiger partial charge in [-0.15, -0.1) is 23.1 Å². The third-order valence-electron chi connectivity index (χ3n) is 2.36. The molecule has 0 aliphatic heterocycles. The summed E-state index contributed by atoms with van der Waals surface area (Å²) in [5.74, 6) is 0.245. The summed E-state index contributed by atoms with van der Waals surface area (Å²) in [6.45, 7) is 2.46. The minimum absolute atomic E-state index is 0.0135. The van der Waals surface area contributed by atoms with Gasteiger partial charge in [-0.3, -0.25) is 9.59 Å². The Hall–Kier alpha value is -1.01. The molecule has 0 bridgehead atoms. The summed E-state index contributed by atoms with van der Waals surface area (Å²) in [5, 5.41) is 7.23. The first kappa shape index (κ1) is 15.0.